The van der Waals surface area contributed by atoms with Gasteiger partial charge < -0.3 is 24.2 Å². The fraction of sp³-hybridized carbons (Fsp3) is 0.450. The van der Waals surface area contributed by atoms with Gasteiger partial charge in [0.15, 0.2) is 17.3 Å². The summed E-state index contributed by atoms with van der Waals surface area (Å²) < 4.78 is 55.9. The second-order valence-corrected chi connectivity index (χ2v) is 7.62. The maximum atomic E-state index is 13.4. The Morgan fingerprint density at radius 3 is 2.65 bits per heavy atom. The minimum Gasteiger partial charge on any atom is -0.504 e. The Bertz CT molecular complexity index is 1020. The van der Waals surface area contributed by atoms with Crippen LogP contribution in [0.1, 0.15) is 24.0 Å². The van der Waals surface area contributed by atoms with E-state index in [9.17, 15) is 32.7 Å². The summed E-state index contributed by atoms with van der Waals surface area (Å²) in [6.45, 7) is -0.627. The topological polar surface area (TPSA) is 102 Å². The summed E-state index contributed by atoms with van der Waals surface area (Å²) in [6, 6.07) is -0.416. The average Bonchev–Trinajstić information content (AvgIpc) is 2.94. The normalized spacial score (nSPS) is 26.5. The maximum absolute atomic E-state index is 13.4. The predicted molar refractivity (Wildman–Crippen MR) is 96.5 cm³/mol. The van der Waals surface area contributed by atoms with Gasteiger partial charge in [-0.25, -0.2) is 4.79 Å². The Kier molecular flexibility index (Phi) is 4.67. The van der Waals surface area contributed by atoms with Crippen LogP contribution in [0.3, 0.4) is 0 Å². The lowest BCUT2D eigenvalue weighted by atomic mass is 9.68. The summed E-state index contributed by atoms with van der Waals surface area (Å²) >= 11 is 0. The number of ether oxygens (including phenoxy) is 3. The highest BCUT2D eigenvalue weighted by atomic mass is 19.4. The van der Waals surface area contributed by atoms with E-state index in [2.05, 4.69) is 0 Å². The van der Waals surface area contributed by atoms with E-state index in [1.54, 1.807) is 0 Å². The number of ketones is 1. The van der Waals surface area contributed by atoms with E-state index >= 15 is 0 Å². The van der Waals surface area contributed by atoms with Gasteiger partial charge in [-0.15, -0.1) is 0 Å². The Labute approximate surface area is 174 Å². The van der Waals surface area contributed by atoms with E-state index in [0.717, 1.165) is 7.11 Å². The van der Waals surface area contributed by atoms with Crippen molar-refractivity contribution in [2.24, 2.45) is 0 Å². The summed E-state index contributed by atoms with van der Waals surface area (Å²) in [6.07, 6.45) is -3.72. The summed E-state index contributed by atoms with van der Waals surface area (Å²) in [7, 11) is 2.29. The van der Waals surface area contributed by atoms with Crippen molar-refractivity contribution in [1.29, 1.82) is 0 Å². The van der Waals surface area contributed by atoms with Crippen LogP contribution >= 0.6 is 0 Å². The monoisotopic (exact) mass is 441 g/mol. The Hall–Kier alpha value is -3.24. The molecule has 11 heteroatoms. The molecule has 0 saturated carbocycles. The molecule has 8 nitrogen and oxygen atoms in total. The van der Waals surface area contributed by atoms with Gasteiger partial charge in [-0.05, 0) is 24.1 Å². The molecule has 2 heterocycles. The van der Waals surface area contributed by atoms with Crippen molar-refractivity contribution in [3.63, 3.8) is 0 Å². The van der Waals surface area contributed by atoms with E-state index in [4.69, 9.17) is 14.2 Å². The molecule has 0 bridgehead atoms. The number of carbonyl (C=O) groups excluding carboxylic acids is 3. The summed E-state index contributed by atoms with van der Waals surface area (Å²) in [5.74, 6) is -3.89. The third-order valence-corrected chi connectivity index (χ3v) is 5.98. The van der Waals surface area contributed by atoms with Crippen molar-refractivity contribution < 1.29 is 46.9 Å². The van der Waals surface area contributed by atoms with Gasteiger partial charge >= 0.3 is 18.1 Å². The van der Waals surface area contributed by atoms with Crippen LogP contribution in [0, 0.1) is 0 Å². The van der Waals surface area contributed by atoms with Gasteiger partial charge in [-0.1, -0.05) is 6.08 Å². The molecular formula is C20H18F3NO7. The molecule has 1 N–H and O–H groups in total. The number of amides is 1. The van der Waals surface area contributed by atoms with Crippen LogP contribution in [0.15, 0.2) is 18.2 Å². The molecule has 1 spiro atoms. The average molecular weight is 441 g/mol. The Balaban J connectivity index is 1.99. The highest BCUT2D eigenvalue weighted by Crippen LogP contribution is 2.58. The second-order valence-electron chi connectivity index (χ2n) is 7.62. The van der Waals surface area contributed by atoms with Crippen LogP contribution in [0.2, 0.25) is 0 Å². The number of allylic oxidation sites excluding steroid dienone is 1. The molecule has 1 amide bonds. The first kappa shape index (κ1) is 21.0. The van der Waals surface area contributed by atoms with E-state index in [0.29, 0.717) is 10.5 Å². The lowest BCUT2D eigenvalue weighted by Gasteiger charge is -2.36. The van der Waals surface area contributed by atoms with Crippen molar-refractivity contribution in [2.45, 2.75) is 43.1 Å². The number of rotatable bonds is 2. The molecule has 31 heavy (non-hydrogen) atoms. The number of hydrogen-bond donors (Lipinski definition) is 1. The predicted octanol–water partition coefficient (Wildman–Crippen LogP) is 1.76. The molecule has 0 saturated heterocycles. The molecule has 0 fully saturated rings. The van der Waals surface area contributed by atoms with Crippen molar-refractivity contribution in [3.05, 3.63) is 29.3 Å². The third kappa shape index (κ3) is 3.02. The largest absolute Gasteiger partial charge is 0.504 e. The van der Waals surface area contributed by atoms with Crippen LogP contribution in [-0.2, 0) is 31.1 Å². The van der Waals surface area contributed by atoms with Gasteiger partial charge in [0.25, 0.3) is 0 Å². The fourth-order valence-electron chi connectivity index (χ4n) is 4.69. The molecule has 3 atom stereocenters. The molecule has 2 aliphatic heterocycles. The van der Waals surface area contributed by atoms with E-state index in [-0.39, 0.29) is 35.7 Å². The SMILES string of the molecule is COC(=O)C1CC23C=CC(=O)CC2Oc2c(OC)c(O)cc(c23)CN1C(=O)C(F)(F)F. The minimum atomic E-state index is -5.24. The fourth-order valence-corrected chi connectivity index (χ4v) is 4.69. The zero-order valence-electron chi connectivity index (χ0n) is 16.5. The number of nitrogens with zero attached hydrogens (tertiary/aromatic N) is 1. The molecule has 3 aliphatic rings. The van der Waals surface area contributed by atoms with Crippen LogP contribution in [0.4, 0.5) is 13.2 Å². The maximum Gasteiger partial charge on any atom is 0.471 e. The molecule has 0 radical (unpaired) electrons. The number of esters is 1. The first-order valence-electron chi connectivity index (χ1n) is 9.31. The number of benzene rings is 1. The first-order chi connectivity index (χ1) is 14.5. The van der Waals surface area contributed by atoms with Gasteiger partial charge in [-0.2, -0.15) is 13.2 Å². The highest BCUT2D eigenvalue weighted by molar-refractivity contribution is 5.93. The lowest BCUT2D eigenvalue weighted by molar-refractivity contribution is -0.191. The van der Waals surface area contributed by atoms with Gasteiger partial charge in [0.1, 0.15) is 12.1 Å². The summed E-state index contributed by atoms with van der Waals surface area (Å²) in [4.78, 5) is 37.2. The number of carbonyl (C=O) groups is 3. The number of methoxy groups -OCH3 is 2. The molecule has 4 rings (SSSR count). The number of hydrogen-bond acceptors (Lipinski definition) is 7. The van der Waals surface area contributed by atoms with Crippen molar-refractivity contribution in [1.82, 2.24) is 4.90 Å². The minimum absolute atomic E-state index is 0.0430. The molecule has 1 aromatic carbocycles. The van der Waals surface area contributed by atoms with Crippen molar-refractivity contribution in [2.75, 3.05) is 14.2 Å². The standard InChI is InChI=1S/C20H18F3NO7/c1-29-15-12(26)5-9-8-24(18(28)20(21,22)23)11(17(27)30-2)7-19-4-3-10(25)6-13(19)31-16(15)14(9)19/h3-5,11,13,26H,6-8H2,1-2H3. The van der Waals surface area contributed by atoms with E-state index in [1.807, 2.05) is 0 Å². The van der Waals surface area contributed by atoms with Crippen molar-refractivity contribution in [3.8, 4) is 17.2 Å². The summed E-state index contributed by atoms with van der Waals surface area (Å²) in [5.41, 5.74) is -0.667. The number of alkyl halides is 3. The van der Waals surface area contributed by atoms with Crippen LogP contribution in [-0.4, -0.2) is 60.2 Å². The molecule has 1 aliphatic carbocycles. The van der Waals surface area contributed by atoms with Crippen LogP contribution in [0.5, 0.6) is 17.2 Å². The zero-order valence-corrected chi connectivity index (χ0v) is 16.5. The first-order valence-corrected chi connectivity index (χ1v) is 9.31. The van der Waals surface area contributed by atoms with Gasteiger partial charge in [0.2, 0.25) is 5.75 Å². The number of phenols is 1. The smallest absolute Gasteiger partial charge is 0.471 e. The Morgan fingerprint density at radius 1 is 1.32 bits per heavy atom. The molecule has 0 aromatic heterocycles. The van der Waals surface area contributed by atoms with E-state index in [1.165, 1.54) is 25.3 Å². The van der Waals surface area contributed by atoms with E-state index < -0.39 is 47.9 Å². The van der Waals surface area contributed by atoms with Gasteiger partial charge in [-0.3, -0.25) is 9.59 Å². The van der Waals surface area contributed by atoms with Crippen LogP contribution in [0.25, 0.3) is 0 Å². The lowest BCUT2D eigenvalue weighted by Crippen LogP contribution is -2.52. The number of halogens is 3. The molecule has 166 valence electrons. The quantitative estimate of drug-likeness (QED) is 0.698. The second kappa shape index (κ2) is 6.89. The molecular weight excluding hydrogens is 423 g/mol. The van der Waals surface area contributed by atoms with Crippen molar-refractivity contribution >= 4 is 17.7 Å². The number of aromatic hydroxyl groups is 1. The highest BCUT2D eigenvalue weighted by Gasteiger charge is 2.58. The molecule has 3 unspecified atom stereocenters. The zero-order chi connectivity index (χ0) is 22.7. The van der Waals surface area contributed by atoms with Gasteiger partial charge in [0.05, 0.1) is 19.6 Å². The van der Waals surface area contributed by atoms with Gasteiger partial charge in [0, 0.05) is 18.5 Å². The Morgan fingerprint density at radius 2 is 2.03 bits per heavy atom. The summed E-state index contributed by atoms with van der Waals surface area (Å²) in [5, 5.41) is 10.4. The third-order valence-electron chi connectivity index (χ3n) is 5.98. The molecule has 1 aromatic rings. The van der Waals surface area contributed by atoms with Crippen LogP contribution < -0.4 is 9.47 Å². The number of phenolic OH excluding ortho intramolecular Hbond substituents is 1.